The first kappa shape index (κ1) is 12.2. The summed E-state index contributed by atoms with van der Waals surface area (Å²) in [7, 11) is 3.89. The number of piperidine rings is 1. The number of hydrogen-bond acceptors (Lipinski definition) is 3. The van der Waals surface area contributed by atoms with E-state index in [1.807, 2.05) is 19.9 Å². The third kappa shape index (κ3) is 3.67. The van der Waals surface area contributed by atoms with Crippen molar-refractivity contribution in [1.29, 1.82) is 0 Å². The van der Waals surface area contributed by atoms with Gasteiger partial charge in [-0.05, 0) is 46.8 Å². The SMILES string of the molecule is C/C=C(/C)N=C(OC)C1CCN(C)CC1. The van der Waals surface area contributed by atoms with E-state index in [9.17, 15) is 0 Å². The highest BCUT2D eigenvalue weighted by Gasteiger charge is 2.22. The van der Waals surface area contributed by atoms with Gasteiger partial charge in [-0.25, -0.2) is 4.99 Å². The van der Waals surface area contributed by atoms with Crippen LogP contribution in [0.25, 0.3) is 0 Å². The molecule has 0 bridgehead atoms. The number of aliphatic imine (C=N–C) groups is 1. The molecular formula is C12H22N2O. The van der Waals surface area contributed by atoms with Gasteiger partial charge in [-0.15, -0.1) is 0 Å². The van der Waals surface area contributed by atoms with Crippen LogP contribution in [-0.4, -0.2) is 38.0 Å². The van der Waals surface area contributed by atoms with E-state index in [2.05, 4.69) is 16.9 Å². The first-order valence-electron chi connectivity index (χ1n) is 5.61. The van der Waals surface area contributed by atoms with Gasteiger partial charge >= 0.3 is 0 Å². The monoisotopic (exact) mass is 210 g/mol. The Kier molecular flexibility index (Phi) is 4.82. The summed E-state index contributed by atoms with van der Waals surface area (Å²) < 4.78 is 5.39. The number of nitrogens with zero attached hydrogens (tertiary/aromatic N) is 2. The fourth-order valence-electron chi connectivity index (χ4n) is 1.80. The summed E-state index contributed by atoms with van der Waals surface area (Å²) in [6.45, 7) is 6.29. The Hall–Kier alpha value is -0.830. The van der Waals surface area contributed by atoms with Gasteiger partial charge in [-0.1, -0.05) is 6.08 Å². The molecule has 0 unspecified atom stereocenters. The molecule has 1 fully saturated rings. The van der Waals surface area contributed by atoms with Crippen LogP contribution in [0.4, 0.5) is 0 Å². The van der Waals surface area contributed by atoms with Crippen molar-refractivity contribution >= 4 is 5.90 Å². The van der Waals surface area contributed by atoms with Crippen LogP contribution in [0.5, 0.6) is 0 Å². The van der Waals surface area contributed by atoms with Crippen molar-refractivity contribution in [2.24, 2.45) is 10.9 Å². The number of methoxy groups -OCH3 is 1. The van der Waals surface area contributed by atoms with Crippen LogP contribution < -0.4 is 0 Å². The molecule has 15 heavy (non-hydrogen) atoms. The Labute approximate surface area is 92.8 Å². The standard InChI is InChI=1S/C12H22N2O/c1-5-10(2)13-12(15-4)11-6-8-14(3)9-7-11/h5,11H,6-9H2,1-4H3/b10-5-,13-12?. The average Bonchev–Trinajstić information content (AvgIpc) is 2.27. The minimum absolute atomic E-state index is 0.501. The Morgan fingerprint density at radius 2 is 2.00 bits per heavy atom. The maximum atomic E-state index is 5.39. The third-order valence-corrected chi connectivity index (χ3v) is 2.98. The van der Waals surface area contributed by atoms with Crippen molar-refractivity contribution in [1.82, 2.24) is 4.90 Å². The van der Waals surface area contributed by atoms with Crippen molar-refractivity contribution in [2.45, 2.75) is 26.7 Å². The fourth-order valence-corrected chi connectivity index (χ4v) is 1.80. The molecule has 0 saturated carbocycles. The second-order valence-electron chi connectivity index (χ2n) is 4.16. The maximum Gasteiger partial charge on any atom is 0.191 e. The summed E-state index contributed by atoms with van der Waals surface area (Å²) in [4.78, 5) is 6.85. The van der Waals surface area contributed by atoms with Gasteiger partial charge in [0, 0.05) is 11.6 Å². The third-order valence-electron chi connectivity index (χ3n) is 2.98. The van der Waals surface area contributed by atoms with E-state index in [0.717, 1.165) is 37.5 Å². The molecule has 86 valence electrons. The molecule has 0 aromatic heterocycles. The van der Waals surface area contributed by atoms with Gasteiger partial charge in [0.2, 0.25) is 0 Å². The first-order chi connectivity index (χ1) is 7.17. The van der Waals surface area contributed by atoms with E-state index in [1.54, 1.807) is 7.11 Å². The quantitative estimate of drug-likeness (QED) is 0.516. The van der Waals surface area contributed by atoms with Gasteiger partial charge < -0.3 is 9.64 Å². The second-order valence-corrected chi connectivity index (χ2v) is 4.16. The Balaban J connectivity index is 2.63. The summed E-state index contributed by atoms with van der Waals surface area (Å²) in [5.74, 6) is 1.40. The lowest BCUT2D eigenvalue weighted by Crippen LogP contribution is -2.34. The predicted molar refractivity (Wildman–Crippen MR) is 64.1 cm³/mol. The molecular weight excluding hydrogens is 188 g/mol. The van der Waals surface area contributed by atoms with E-state index in [4.69, 9.17) is 4.74 Å². The summed E-state index contributed by atoms with van der Waals surface area (Å²) in [6, 6.07) is 0. The molecule has 0 aromatic rings. The first-order valence-corrected chi connectivity index (χ1v) is 5.61. The summed E-state index contributed by atoms with van der Waals surface area (Å²) in [6.07, 6.45) is 4.31. The van der Waals surface area contributed by atoms with Crippen LogP contribution in [-0.2, 0) is 4.74 Å². The lowest BCUT2D eigenvalue weighted by molar-refractivity contribution is 0.231. The van der Waals surface area contributed by atoms with E-state index in [0.29, 0.717) is 5.92 Å². The molecule has 1 heterocycles. The van der Waals surface area contributed by atoms with Crippen LogP contribution in [0.1, 0.15) is 26.7 Å². The molecule has 0 amide bonds. The second kappa shape index (κ2) is 5.91. The number of ether oxygens (including phenoxy) is 1. The normalized spacial score (nSPS) is 21.9. The zero-order valence-corrected chi connectivity index (χ0v) is 10.3. The fraction of sp³-hybridized carbons (Fsp3) is 0.750. The van der Waals surface area contributed by atoms with Crippen molar-refractivity contribution in [3.8, 4) is 0 Å². The summed E-state index contributed by atoms with van der Waals surface area (Å²) in [5.41, 5.74) is 1.03. The zero-order valence-electron chi connectivity index (χ0n) is 10.3. The van der Waals surface area contributed by atoms with Crippen molar-refractivity contribution in [3.63, 3.8) is 0 Å². The Morgan fingerprint density at radius 1 is 1.40 bits per heavy atom. The predicted octanol–water partition coefficient (Wildman–Crippen LogP) is 2.30. The van der Waals surface area contributed by atoms with Crippen molar-refractivity contribution < 1.29 is 4.74 Å². The van der Waals surface area contributed by atoms with Gasteiger partial charge in [0.05, 0.1) is 7.11 Å². The van der Waals surface area contributed by atoms with Crippen LogP contribution in [0, 0.1) is 5.92 Å². The van der Waals surface area contributed by atoms with Crippen LogP contribution in [0.2, 0.25) is 0 Å². The molecule has 1 aliphatic rings. The number of likely N-dealkylation sites (tertiary alicyclic amines) is 1. The van der Waals surface area contributed by atoms with Crippen LogP contribution in [0.3, 0.4) is 0 Å². The van der Waals surface area contributed by atoms with Gasteiger partial charge in [0.25, 0.3) is 0 Å². The molecule has 0 radical (unpaired) electrons. The molecule has 3 heteroatoms. The molecule has 3 nitrogen and oxygen atoms in total. The highest BCUT2D eigenvalue weighted by atomic mass is 16.5. The van der Waals surface area contributed by atoms with Gasteiger partial charge in [0.1, 0.15) is 0 Å². The van der Waals surface area contributed by atoms with Crippen LogP contribution >= 0.6 is 0 Å². The van der Waals surface area contributed by atoms with E-state index in [1.165, 1.54) is 0 Å². The topological polar surface area (TPSA) is 24.8 Å². The summed E-state index contributed by atoms with van der Waals surface area (Å²) >= 11 is 0. The van der Waals surface area contributed by atoms with E-state index in [-0.39, 0.29) is 0 Å². The Morgan fingerprint density at radius 3 is 2.47 bits per heavy atom. The van der Waals surface area contributed by atoms with Crippen molar-refractivity contribution in [3.05, 3.63) is 11.8 Å². The smallest absolute Gasteiger partial charge is 0.191 e. The summed E-state index contributed by atoms with van der Waals surface area (Å²) in [5, 5.41) is 0. The van der Waals surface area contributed by atoms with Crippen molar-refractivity contribution in [2.75, 3.05) is 27.2 Å². The number of rotatable bonds is 2. The lowest BCUT2D eigenvalue weighted by Gasteiger charge is -2.28. The minimum Gasteiger partial charge on any atom is -0.484 e. The van der Waals surface area contributed by atoms with E-state index >= 15 is 0 Å². The molecule has 1 saturated heterocycles. The molecule has 0 spiro atoms. The minimum atomic E-state index is 0.501. The molecule has 1 aliphatic heterocycles. The van der Waals surface area contributed by atoms with Gasteiger partial charge in [-0.3, -0.25) is 0 Å². The highest BCUT2D eigenvalue weighted by molar-refractivity contribution is 5.79. The Bertz CT molecular complexity index is 250. The highest BCUT2D eigenvalue weighted by Crippen LogP contribution is 2.19. The molecule has 0 N–H and O–H groups in total. The number of allylic oxidation sites excluding steroid dienone is 2. The van der Waals surface area contributed by atoms with Crippen LogP contribution in [0.15, 0.2) is 16.8 Å². The molecule has 0 aromatic carbocycles. The van der Waals surface area contributed by atoms with Gasteiger partial charge in [0.15, 0.2) is 5.90 Å². The molecule has 1 rings (SSSR count). The average molecular weight is 210 g/mol. The number of hydrogen-bond donors (Lipinski definition) is 0. The van der Waals surface area contributed by atoms with E-state index < -0.39 is 0 Å². The molecule has 0 aliphatic carbocycles. The zero-order chi connectivity index (χ0) is 11.3. The lowest BCUT2D eigenvalue weighted by atomic mass is 9.97. The largest absolute Gasteiger partial charge is 0.484 e. The molecule has 0 atom stereocenters. The maximum absolute atomic E-state index is 5.39. The van der Waals surface area contributed by atoms with Gasteiger partial charge in [-0.2, -0.15) is 0 Å².